The average Bonchev–Trinajstić information content (AvgIpc) is 3.26. The number of guanidine groups is 1. The van der Waals surface area contributed by atoms with Crippen molar-refractivity contribution in [3.8, 4) is 5.75 Å². The number of aliphatic imine (C=N–C) groups is 1. The molecule has 2 aliphatic carbocycles. The number of nitrogens with zero attached hydrogens (tertiary/aromatic N) is 1. The molecular formula is C19H29N3O. The minimum absolute atomic E-state index is 0.578. The number of nitrogens with one attached hydrogen (secondary N) is 2. The van der Waals surface area contributed by atoms with Crippen molar-refractivity contribution >= 4 is 5.96 Å². The molecular weight excluding hydrogens is 286 g/mol. The zero-order valence-corrected chi connectivity index (χ0v) is 14.2. The zero-order valence-electron chi connectivity index (χ0n) is 14.2. The van der Waals surface area contributed by atoms with Gasteiger partial charge in [-0.3, -0.25) is 0 Å². The number of para-hydroxylation sites is 1. The quantitative estimate of drug-likeness (QED) is 0.598. The Labute approximate surface area is 139 Å². The summed E-state index contributed by atoms with van der Waals surface area (Å²) in [5.74, 6) is 2.68. The third-order valence-corrected chi connectivity index (χ3v) is 4.59. The SMILES string of the molecule is CCNC(=NCc1ccccc1OCC1CC1)NC1CCCC1. The maximum atomic E-state index is 5.98. The summed E-state index contributed by atoms with van der Waals surface area (Å²) in [7, 11) is 0. The van der Waals surface area contributed by atoms with E-state index in [1.165, 1.54) is 38.5 Å². The van der Waals surface area contributed by atoms with Crippen molar-refractivity contribution in [1.29, 1.82) is 0 Å². The molecule has 1 aromatic rings. The highest BCUT2D eigenvalue weighted by atomic mass is 16.5. The molecule has 3 rings (SSSR count). The van der Waals surface area contributed by atoms with E-state index in [2.05, 4.69) is 35.8 Å². The van der Waals surface area contributed by atoms with Gasteiger partial charge in [-0.05, 0) is 44.6 Å². The Morgan fingerprint density at radius 2 is 1.96 bits per heavy atom. The van der Waals surface area contributed by atoms with Gasteiger partial charge in [-0.1, -0.05) is 31.0 Å². The molecule has 2 aliphatic rings. The topological polar surface area (TPSA) is 45.7 Å². The van der Waals surface area contributed by atoms with E-state index < -0.39 is 0 Å². The molecule has 0 bridgehead atoms. The van der Waals surface area contributed by atoms with E-state index in [9.17, 15) is 0 Å². The molecule has 126 valence electrons. The van der Waals surface area contributed by atoms with E-state index >= 15 is 0 Å². The van der Waals surface area contributed by atoms with Crippen molar-refractivity contribution in [3.63, 3.8) is 0 Å². The highest BCUT2D eigenvalue weighted by Crippen LogP contribution is 2.30. The molecule has 2 fully saturated rings. The van der Waals surface area contributed by atoms with Gasteiger partial charge in [0.05, 0.1) is 13.2 Å². The second-order valence-electron chi connectivity index (χ2n) is 6.68. The normalized spacial score (nSPS) is 18.9. The summed E-state index contributed by atoms with van der Waals surface area (Å²) in [5.41, 5.74) is 1.16. The Hall–Kier alpha value is -1.71. The summed E-state index contributed by atoms with van der Waals surface area (Å²) in [6.45, 7) is 4.50. The maximum absolute atomic E-state index is 5.98. The van der Waals surface area contributed by atoms with Gasteiger partial charge in [0.1, 0.15) is 5.75 Å². The molecule has 0 unspecified atom stereocenters. The average molecular weight is 315 g/mol. The zero-order chi connectivity index (χ0) is 15.9. The summed E-state index contributed by atoms with van der Waals surface area (Å²) in [6.07, 6.45) is 7.80. The van der Waals surface area contributed by atoms with Crippen LogP contribution in [0.15, 0.2) is 29.3 Å². The van der Waals surface area contributed by atoms with Crippen LogP contribution in [-0.2, 0) is 6.54 Å². The fraction of sp³-hybridized carbons (Fsp3) is 0.632. The Balaban J connectivity index is 1.60. The summed E-state index contributed by atoms with van der Waals surface area (Å²) in [6, 6.07) is 8.85. The Bertz CT molecular complexity index is 519. The lowest BCUT2D eigenvalue weighted by Crippen LogP contribution is -2.42. The van der Waals surface area contributed by atoms with Gasteiger partial charge in [-0.2, -0.15) is 0 Å². The van der Waals surface area contributed by atoms with Crippen LogP contribution in [0.3, 0.4) is 0 Å². The minimum atomic E-state index is 0.578. The molecule has 0 heterocycles. The van der Waals surface area contributed by atoms with Crippen molar-refractivity contribution < 1.29 is 4.74 Å². The van der Waals surface area contributed by atoms with Crippen LogP contribution in [0.25, 0.3) is 0 Å². The van der Waals surface area contributed by atoms with Crippen LogP contribution >= 0.6 is 0 Å². The van der Waals surface area contributed by atoms with E-state index in [0.717, 1.165) is 36.3 Å². The molecule has 0 spiro atoms. The summed E-state index contributed by atoms with van der Waals surface area (Å²) >= 11 is 0. The van der Waals surface area contributed by atoms with Gasteiger partial charge in [0, 0.05) is 18.2 Å². The van der Waals surface area contributed by atoms with E-state index in [1.807, 2.05) is 6.07 Å². The second kappa shape index (κ2) is 8.23. The predicted molar refractivity (Wildman–Crippen MR) is 94.9 cm³/mol. The molecule has 4 heteroatoms. The van der Waals surface area contributed by atoms with Crippen LogP contribution < -0.4 is 15.4 Å². The summed E-state index contributed by atoms with van der Waals surface area (Å²) in [5, 5.41) is 6.92. The predicted octanol–water partition coefficient (Wildman–Crippen LogP) is 3.47. The third kappa shape index (κ3) is 5.15. The van der Waals surface area contributed by atoms with Crippen molar-refractivity contribution in [3.05, 3.63) is 29.8 Å². The highest BCUT2D eigenvalue weighted by molar-refractivity contribution is 5.80. The van der Waals surface area contributed by atoms with Gasteiger partial charge >= 0.3 is 0 Å². The summed E-state index contributed by atoms with van der Waals surface area (Å²) < 4.78 is 5.98. The Morgan fingerprint density at radius 1 is 1.17 bits per heavy atom. The number of hydrogen-bond acceptors (Lipinski definition) is 2. The van der Waals surface area contributed by atoms with Crippen LogP contribution in [0.2, 0.25) is 0 Å². The molecule has 23 heavy (non-hydrogen) atoms. The largest absolute Gasteiger partial charge is 0.493 e. The lowest BCUT2D eigenvalue weighted by molar-refractivity contribution is 0.297. The molecule has 2 saturated carbocycles. The first-order valence-electron chi connectivity index (χ1n) is 9.10. The van der Waals surface area contributed by atoms with Crippen molar-refractivity contribution in [2.75, 3.05) is 13.2 Å². The molecule has 0 aliphatic heterocycles. The monoisotopic (exact) mass is 315 g/mol. The van der Waals surface area contributed by atoms with Gasteiger partial charge in [0.15, 0.2) is 5.96 Å². The number of rotatable bonds is 7. The first-order chi connectivity index (χ1) is 11.3. The van der Waals surface area contributed by atoms with E-state index in [0.29, 0.717) is 12.6 Å². The lowest BCUT2D eigenvalue weighted by atomic mass is 10.2. The summed E-state index contributed by atoms with van der Waals surface area (Å²) in [4.78, 5) is 4.77. The van der Waals surface area contributed by atoms with Crippen LogP contribution in [0.1, 0.15) is 51.0 Å². The number of ether oxygens (including phenoxy) is 1. The van der Waals surface area contributed by atoms with Crippen LogP contribution in [-0.4, -0.2) is 25.2 Å². The second-order valence-corrected chi connectivity index (χ2v) is 6.68. The Kier molecular flexibility index (Phi) is 5.78. The fourth-order valence-electron chi connectivity index (χ4n) is 3.02. The lowest BCUT2D eigenvalue weighted by Gasteiger charge is -2.17. The van der Waals surface area contributed by atoms with Crippen LogP contribution in [0.5, 0.6) is 5.75 Å². The molecule has 0 atom stereocenters. The first-order valence-corrected chi connectivity index (χ1v) is 9.10. The van der Waals surface area contributed by atoms with E-state index in [1.54, 1.807) is 0 Å². The molecule has 0 saturated heterocycles. The fourth-order valence-corrected chi connectivity index (χ4v) is 3.02. The van der Waals surface area contributed by atoms with E-state index in [-0.39, 0.29) is 0 Å². The van der Waals surface area contributed by atoms with Gasteiger partial charge in [0.2, 0.25) is 0 Å². The molecule has 0 radical (unpaired) electrons. The minimum Gasteiger partial charge on any atom is -0.493 e. The van der Waals surface area contributed by atoms with Gasteiger partial charge in [0.25, 0.3) is 0 Å². The van der Waals surface area contributed by atoms with Gasteiger partial charge < -0.3 is 15.4 Å². The standard InChI is InChI=1S/C19H29N3O/c1-2-20-19(22-17-8-4-5-9-17)21-13-16-7-3-6-10-18(16)23-14-15-11-12-15/h3,6-7,10,15,17H,2,4-5,8-9,11-14H2,1H3,(H2,20,21,22). The first kappa shape index (κ1) is 16.2. The van der Waals surface area contributed by atoms with Crippen LogP contribution in [0, 0.1) is 5.92 Å². The molecule has 0 amide bonds. The molecule has 1 aromatic carbocycles. The van der Waals surface area contributed by atoms with Crippen molar-refractivity contribution in [1.82, 2.24) is 10.6 Å². The molecule has 2 N–H and O–H groups in total. The third-order valence-electron chi connectivity index (χ3n) is 4.59. The molecule has 0 aromatic heterocycles. The van der Waals surface area contributed by atoms with Gasteiger partial charge in [-0.25, -0.2) is 4.99 Å². The number of hydrogen-bond donors (Lipinski definition) is 2. The van der Waals surface area contributed by atoms with Crippen molar-refractivity contribution in [2.45, 2.75) is 58.0 Å². The molecule has 4 nitrogen and oxygen atoms in total. The number of benzene rings is 1. The maximum Gasteiger partial charge on any atom is 0.191 e. The van der Waals surface area contributed by atoms with E-state index in [4.69, 9.17) is 9.73 Å². The highest BCUT2D eigenvalue weighted by Gasteiger charge is 2.22. The van der Waals surface area contributed by atoms with Crippen molar-refractivity contribution in [2.24, 2.45) is 10.9 Å². The smallest absolute Gasteiger partial charge is 0.191 e. The van der Waals surface area contributed by atoms with Gasteiger partial charge in [-0.15, -0.1) is 0 Å². The van der Waals surface area contributed by atoms with Crippen LogP contribution in [0.4, 0.5) is 0 Å². The Morgan fingerprint density at radius 3 is 2.70 bits per heavy atom.